The van der Waals surface area contributed by atoms with Crippen LogP contribution < -0.4 is 62.1 Å². The standard InChI is InChI=1S/C22H19N3O3.K/c1-11-15(14-5-6-19-16(9-14)12(2)23-24-19)7-8-25-20(11)17(13-3-4-13)10-18(21(25)26)22(27)28;/h5-10,13H,3-4H2,1-2H3,(H,23,24)(H,27,28);/q;+1/p-1. The van der Waals surface area contributed by atoms with Crippen molar-refractivity contribution in [2.75, 3.05) is 0 Å². The van der Waals surface area contributed by atoms with E-state index in [2.05, 4.69) is 16.3 Å². The third kappa shape index (κ3) is 3.31. The third-order valence-corrected chi connectivity index (χ3v) is 5.71. The number of hydrogen-bond acceptors (Lipinski definition) is 4. The number of aromatic amines is 1. The monoisotopic (exact) mass is 411 g/mol. The van der Waals surface area contributed by atoms with Crippen molar-refractivity contribution >= 4 is 22.4 Å². The van der Waals surface area contributed by atoms with Crippen molar-refractivity contribution in [3.05, 3.63) is 69.3 Å². The molecule has 1 aromatic carbocycles. The van der Waals surface area contributed by atoms with Crippen LogP contribution in [0.25, 0.3) is 27.5 Å². The van der Waals surface area contributed by atoms with E-state index in [0.717, 1.165) is 57.2 Å². The fourth-order valence-corrected chi connectivity index (χ4v) is 4.07. The van der Waals surface area contributed by atoms with E-state index in [1.807, 2.05) is 32.0 Å². The topological polar surface area (TPSA) is 90.3 Å². The van der Waals surface area contributed by atoms with Gasteiger partial charge in [0.2, 0.25) is 0 Å². The summed E-state index contributed by atoms with van der Waals surface area (Å²) in [6, 6.07) is 9.48. The molecule has 1 N–H and O–H groups in total. The van der Waals surface area contributed by atoms with Crippen molar-refractivity contribution in [3.63, 3.8) is 0 Å². The Labute approximate surface area is 209 Å². The smallest absolute Gasteiger partial charge is 0.545 e. The van der Waals surface area contributed by atoms with E-state index >= 15 is 0 Å². The summed E-state index contributed by atoms with van der Waals surface area (Å²) in [5.74, 6) is -1.13. The van der Waals surface area contributed by atoms with E-state index in [0.29, 0.717) is 5.92 Å². The number of nitrogens with zero attached hydrogens (tertiary/aromatic N) is 2. The molecule has 140 valence electrons. The van der Waals surface area contributed by atoms with Gasteiger partial charge in [-0.05, 0) is 79.1 Å². The Balaban J connectivity index is 0.00000205. The molecule has 0 saturated heterocycles. The number of carbonyl (C=O) groups is 1. The number of aromatic carboxylic acids is 1. The number of aryl methyl sites for hydroxylation is 2. The van der Waals surface area contributed by atoms with Crippen LogP contribution in [-0.2, 0) is 0 Å². The summed E-state index contributed by atoms with van der Waals surface area (Å²) in [5.41, 5.74) is 5.83. The number of hydrogen-bond donors (Lipinski definition) is 1. The number of fused-ring (bicyclic) bond motifs is 2. The Bertz CT molecular complexity index is 1350. The number of benzene rings is 1. The number of aromatic nitrogens is 3. The van der Waals surface area contributed by atoms with E-state index in [1.54, 1.807) is 6.20 Å². The second-order valence-electron chi connectivity index (χ2n) is 7.53. The van der Waals surface area contributed by atoms with E-state index in [-0.39, 0.29) is 56.9 Å². The summed E-state index contributed by atoms with van der Waals surface area (Å²) in [6.45, 7) is 3.97. The third-order valence-electron chi connectivity index (χ3n) is 5.71. The largest absolute Gasteiger partial charge is 1.00 e. The van der Waals surface area contributed by atoms with Gasteiger partial charge in [-0.3, -0.25) is 14.3 Å². The quantitative estimate of drug-likeness (QED) is 0.469. The summed E-state index contributed by atoms with van der Waals surface area (Å²) in [4.78, 5) is 24.1. The van der Waals surface area contributed by atoms with Crippen molar-refractivity contribution in [2.24, 2.45) is 0 Å². The number of carboxylic acid groups (broad SMARTS) is 1. The van der Waals surface area contributed by atoms with E-state index in [4.69, 9.17) is 0 Å². The molecule has 1 saturated carbocycles. The molecule has 1 aliphatic rings. The zero-order chi connectivity index (χ0) is 19.6. The van der Waals surface area contributed by atoms with Crippen molar-refractivity contribution in [1.29, 1.82) is 0 Å². The molecule has 1 aliphatic carbocycles. The number of H-pyrrole nitrogens is 1. The van der Waals surface area contributed by atoms with Gasteiger partial charge in [0.05, 0.1) is 22.6 Å². The molecule has 5 rings (SSSR count). The molecule has 7 heteroatoms. The molecule has 4 aromatic rings. The molecule has 29 heavy (non-hydrogen) atoms. The molecule has 6 nitrogen and oxygen atoms in total. The molecule has 0 spiro atoms. The van der Waals surface area contributed by atoms with Crippen molar-refractivity contribution < 1.29 is 61.3 Å². The second kappa shape index (κ2) is 7.48. The number of pyridine rings is 2. The predicted octanol–water partition coefficient (Wildman–Crippen LogP) is -0.295. The summed E-state index contributed by atoms with van der Waals surface area (Å²) < 4.78 is 1.46. The van der Waals surface area contributed by atoms with Crippen LogP contribution in [0.3, 0.4) is 0 Å². The molecule has 1 fully saturated rings. The van der Waals surface area contributed by atoms with Gasteiger partial charge in [-0.25, -0.2) is 0 Å². The van der Waals surface area contributed by atoms with E-state index in [9.17, 15) is 14.7 Å². The first-order valence-electron chi connectivity index (χ1n) is 9.31. The molecule has 0 bridgehead atoms. The minimum Gasteiger partial charge on any atom is -0.545 e. The van der Waals surface area contributed by atoms with Crippen LogP contribution in [0.4, 0.5) is 0 Å². The van der Waals surface area contributed by atoms with Gasteiger partial charge in [-0.1, -0.05) is 6.07 Å². The average Bonchev–Trinajstić information content (AvgIpc) is 3.46. The van der Waals surface area contributed by atoms with Crippen LogP contribution in [0, 0.1) is 13.8 Å². The Morgan fingerprint density at radius 1 is 1.21 bits per heavy atom. The summed E-state index contributed by atoms with van der Waals surface area (Å²) >= 11 is 0. The summed E-state index contributed by atoms with van der Waals surface area (Å²) in [7, 11) is 0. The molecule has 3 aromatic heterocycles. The zero-order valence-electron chi connectivity index (χ0n) is 16.6. The molecule has 0 radical (unpaired) electrons. The maximum atomic E-state index is 12.7. The molecule has 0 unspecified atom stereocenters. The zero-order valence-corrected chi connectivity index (χ0v) is 19.7. The number of carboxylic acids is 1. The molecule has 0 atom stereocenters. The van der Waals surface area contributed by atoms with Crippen LogP contribution in [0.5, 0.6) is 0 Å². The first-order valence-corrected chi connectivity index (χ1v) is 9.31. The van der Waals surface area contributed by atoms with Crippen molar-refractivity contribution in [1.82, 2.24) is 14.6 Å². The Kier molecular flexibility index (Phi) is 5.29. The fraction of sp³-hybridized carbons (Fsp3) is 0.227. The van der Waals surface area contributed by atoms with Gasteiger partial charge in [0.1, 0.15) is 0 Å². The summed E-state index contributed by atoms with van der Waals surface area (Å²) in [6.07, 6.45) is 3.68. The SMILES string of the molecule is Cc1[nH]nc2ccc(-c3ccn4c(=O)c(C(=O)[O-])cc(C5CC5)c4c3C)cc12.[K+]. The maximum Gasteiger partial charge on any atom is 1.00 e. The van der Waals surface area contributed by atoms with E-state index in [1.165, 1.54) is 10.5 Å². The van der Waals surface area contributed by atoms with Crippen LogP contribution >= 0.6 is 0 Å². The molecule has 0 aliphatic heterocycles. The van der Waals surface area contributed by atoms with Crippen LogP contribution in [0.15, 0.2) is 41.3 Å². The van der Waals surface area contributed by atoms with Crippen molar-refractivity contribution in [3.8, 4) is 11.1 Å². The molecule has 0 amide bonds. The predicted molar refractivity (Wildman–Crippen MR) is 105 cm³/mol. The molecular formula is C22H18KN3O3. The fourth-order valence-electron chi connectivity index (χ4n) is 4.07. The van der Waals surface area contributed by atoms with Gasteiger partial charge < -0.3 is 9.90 Å². The Morgan fingerprint density at radius 3 is 2.66 bits per heavy atom. The van der Waals surface area contributed by atoms with Crippen LogP contribution in [0.1, 0.15) is 45.9 Å². The average molecular weight is 412 g/mol. The van der Waals surface area contributed by atoms with Crippen LogP contribution in [-0.4, -0.2) is 20.6 Å². The first kappa shape index (κ1) is 20.5. The Hall–Kier alpha value is -1.77. The number of nitrogens with one attached hydrogen (secondary N) is 1. The van der Waals surface area contributed by atoms with E-state index < -0.39 is 11.5 Å². The van der Waals surface area contributed by atoms with Gasteiger partial charge >= 0.3 is 51.4 Å². The van der Waals surface area contributed by atoms with Crippen molar-refractivity contribution in [2.45, 2.75) is 32.6 Å². The second-order valence-corrected chi connectivity index (χ2v) is 7.53. The van der Waals surface area contributed by atoms with Gasteiger partial charge in [0.15, 0.2) is 0 Å². The van der Waals surface area contributed by atoms with Gasteiger partial charge in [-0.15, -0.1) is 0 Å². The first-order chi connectivity index (χ1) is 13.5. The minimum absolute atomic E-state index is 0. The number of carbonyl (C=O) groups excluding carboxylic acids is 1. The molecule has 3 heterocycles. The van der Waals surface area contributed by atoms with Gasteiger partial charge in [0.25, 0.3) is 5.56 Å². The minimum atomic E-state index is -1.43. The molecular weight excluding hydrogens is 393 g/mol. The van der Waals surface area contributed by atoms with Gasteiger partial charge in [0, 0.05) is 17.3 Å². The summed E-state index contributed by atoms with van der Waals surface area (Å²) in [5, 5.41) is 19.8. The normalized spacial score (nSPS) is 13.6. The van der Waals surface area contributed by atoms with Crippen LogP contribution in [0.2, 0.25) is 0 Å². The maximum absolute atomic E-state index is 12.7. The number of rotatable bonds is 3. The Morgan fingerprint density at radius 2 is 1.97 bits per heavy atom. The van der Waals surface area contributed by atoms with Gasteiger partial charge in [-0.2, -0.15) is 5.10 Å².